The highest BCUT2D eigenvalue weighted by Gasteiger charge is 2.89. The molecule has 0 aliphatic carbocycles. The van der Waals surface area contributed by atoms with Crippen molar-refractivity contribution in [3.05, 3.63) is 35.9 Å². The molecule has 0 saturated heterocycles. The zero-order valence-electron chi connectivity index (χ0n) is 16.3. The molecule has 1 aromatic carbocycles. The summed E-state index contributed by atoms with van der Waals surface area (Å²) < 4.78 is 257. The Morgan fingerprint density at radius 1 is 0.622 bits per heavy atom. The van der Waals surface area contributed by atoms with Crippen LogP contribution in [0.1, 0.15) is 0 Å². The summed E-state index contributed by atoms with van der Waals surface area (Å²) >= 11 is 0. The Bertz CT molecular complexity index is 1140. The van der Waals surface area contributed by atoms with Gasteiger partial charge >= 0.3 is 41.9 Å². The van der Waals surface area contributed by atoms with E-state index in [2.05, 4.69) is 4.74 Å². The van der Waals surface area contributed by atoms with Crippen molar-refractivity contribution in [2.75, 3.05) is 0 Å². The summed E-state index contributed by atoms with van der Waals surface area (Å²) in [6, 6.07) is -0.00288. The Morgan fingerprint density at radius 2 is 1.00 bits per heavy atom. The van der Waals surface area contributed by atoms with Crippen LogP contribution in [0.25, 0.3) is 0 Å². The van der Waals surface area contributed by atoms with Gasteiger partial charge < -0.3 is 4.74 Å². The monoisotopic (exact) mass is 604 g/mol. The summed E-state index contributed by atoms with van der Waals surface area (Å²) in [5.74, 6) is -52.3. The van der Waals surface area contributed by atoms with Gasteiger partial charge in [-0.25, -0.2) is 8.78 Å². The van der Waals surface area contributed by atoms with Gasteiger partial charge in [0.05, 0.1) is 4.90 Å². The minimum Gasteiger partial charge on any atom is -0.428 e. The Hall–Kier alpha value is -2.52. The summed E-state index contributed by atoms with van der Waals surface area (Å²) in [7, 11) is -5.07. The first-order chi connectivity index (χ1) is 16.0. The van der Waals surface area contributed by atoms with Crippen molar-refractivity contribution < 1.29 is 92.3 Å². The molecule has 37 heavy (non-hydrogen) atoms. The van der Waals surface area contributed by atoms with E-state index in [1.807, 2.05) is 0 Å². The fourth-order valence-corrected chi connectivity index (χ4v) is 2.49. The van der Waals surface area contributed by atoms with Gasteiger partial charge in [0.25, 0.3) is 10.1 Å². The van der Waals surface area contributed by atoms with Crippen molar-refractivity contribution in [1.29, 1.82) is 0 Å². The predicted molar refractivity (Wildman–Crippen MR) is 81.9 cm³/mol. The topological polar surface area (TPSA) is 63.6 Å². The quantitative estimate of drug-likeness (QED) is 0.249. The molecule has 1 rings (SSSR count). The fourth-order valence-electron chi connectivity index (χ4n) is 2.01. The molecule has 0 heterocycles. The molecule has 214 valence electrons. The van der Waals surface area contributed by atoms with Gasteiger partial charge in [0.2, 0.25) is 11.7 Å². The molecule has 0 aromatic heterocycles. The van der Waals surface area contributed by atoms with E-state index in [-0.39, 0.29) is 24.3 Å². The van der Waals surface area contributed by atoms with Gasteiger partial charge in [0, 0.05) is 0 Å². The maximum atomic E-state index is 13.7. The van der Waals surface area contributed by atoms with Gasteiger partial charge in [0.1, 0.15) is 5.75 Å². The molecule has 1 aromatic rings. The van der Waals surface area contributed by atoms with E-state index in [0.29, 0.717) is 0 Å². The van der Waals surface area contributed by atoms with E-state index < -0.39 is 74.3 Å². The number of allylic oxidation sites excluding steroid dienone is 2. The molecule has 0 radical (unpaired) electrons. The zero-order chi connectivity index (χ0) is 29.8. The van der Waals surface area contributed by atoms with Gasteiger partial charge in [0.15, 0.2) is 0 Å². The predicted octanol–water partition coefficient (Wildman–Crippen LogP) is 6.79. The molecule has 4 nitrogen and oxygen atoms in total. The minimum absolute atomic E-state index is 0.0869. The fraction of sp³-hybridized carbons (Fsp3) is 0.467. The molecule has 0 spiro atoms. The van der Waals surface area contributed by atoms with Crippen molar-refractivity contribution >= 4 is 10.1 Å². The molecule has 0 aliphatic rings. The number of rotatable bonds is 9. The molecule has 0 aliphatic heterocycles. The normalized spacial score (nSPS) is 15.9. The third kappa shape index (κ3) is 5.25. The lowest BCUT2D eigenvalue weighted by atomic mass is 9.96. The lowest BCUT2D eigenvalue weighted by molar-refractivity contribution is -0.428. The van der Waals surface area contributed by atoms with E-state index in [1.54, 1.807) is 0 Å². The molecular weight excluding hydrogens is 599 g/mol. The highest BCUT2D eigenvalue weighted by atomic mass is 32.2. The SMILES string of the molecule is O=S(=O)(O)c1ccc(OC(F)(F)C(F)(F)C(F)(F)C(F)(F)C(F)(F)/C(F)=C(\F)C(F)(F)C(F)(F)F)cc1. The highest BCUT2D eigenvalue weighted by molar-refractivity contribution is 7.85. The van der Waals surface area contributed by atoms with Crippen LogP contribution in [-0.4, -0.2) is 54.9 Å². The average Bonchev–Trinajstić information content (AvgIpc) is 2.70. The maximum Gasteiger partial charge on any atom is 0.471 e. The molecule has 22 heteroatoms. The van der Waals surface area contributed by atoms with E-state index >= 15 is 0 Å². The highest BCUT2D eigenvalue weighted by Crippen LogP contribution is 2.60. The van der Waals surface area contributed by atoms with Crippen LogP contribution in [-0.2, 0) is 10.1 Å². The Morgan fingerprint density at radius 3 is 1.35 bits per heavy atom. The van der Waals surface area contributed by atoms with Crippen LogP contribution in [0.15, 0.2) is 40.8 Å². The summed E-state index contributed by atoms with van der Waals surface area (Å²) in [4.78, 5) is -1.16. The van der Waals surface area contributed by atoms with Gasteiger partial charge in [-0.05, 0) is 24.3 Å². The van der Waals surface area contributed by atoms with Crippen LogP contribution in [0.2, 0.25) is 0 Å². The lowest BCUT2D eigenvalue weighted by Crippen LogP contribution is -2.68. The lowest BCUT2D eigenvalue weighted by Gasteiger charge is -2.38. The van der Waals surface area contributed by atoms with Crippen molar-refractivity contribution in [2.45, 2.75) is 46.8 Å². The number of benzene rings is 1. The third-order valence-corrected chi connectivity index (χ3v) is 4.88. The van der Waals surface area contributed by atoms with Crippen molar-refractivity contribution in [3.8, 4) is 5.75 Å². The Labute approximate surface area is 192 Å². The summed E-state index contributed by atoms with van der Waals surface area (Å²) in [6.45, 7) is 0. The van der Waals surface area contributed by atoms with Crippen LogP contribution in [0.4, 0.5) is 74.6 Å². The molecular formula is C15H5F17O4S. The average molecular weight is 604 g/mol. The second-order valence-electron chi connectivity index (χ2n) is 6.56. The second-order valence-corrected chi connectivity index (χ2v) is 7.98. The Balaban J connectivity index is 3.57. The summed E-state index contributed by atoms with van der Waals surface area (Å²) in [5, 5.41) is 0. The summed E-state index contributed by atoms with van der Waals surface area (Å²) in [6.07, 6.45) is -14.4. The molecule has 0 bridgehead atoms. The number of halogens is 17. The van der Waals surface area contributed by atoms with Crippen molar-refractivity contribution in [2.24, 2.45) is 0 Å². The summed E-state index contributed by atoms with van der Waals surface area (Å²) in [5.41, 5.74) is 0. The van der Waals surface area contributed by atoms with E-state index in [4.69, 9.17) is 4.55 Å². The molecule has 0 saturated carbocycles. The molecule has 0 unspecified atom stereocenters. The maximum absolute atomic E-state index is 13.7. The van der Waals surface area contributed by atoms with E-state index in [9.17, 15) is 83.1 Å². The second kappa shape index (κ2) is 9.05. The van der Waals surface area contributed by atoms with Crippen LogP contribution in [0.3, 0.4) is 0 Å². The van der Waals surface area contributed by atoms with Gasteiger partial charge in [-0.1, -0.05) is 0 Å². The van der Waals surface area contributed by atoms with E-state index in [1.165, 1.54) is 0 Å². The smallest absolute Gasteiger partial charge is 0.428 e. The van der Waals surface area contributed by atoms with Crippen molar-refractivity contribution in [1.82, 2.24) is 0 Å². The largest absolute Gasteiger partial charge is 0.471 e. The van der Waals surface area contributed by atoms with Crippen molar-refractivity contribution in [3.63, 3.8) is 0 Å². The van der Waals surface area contributed by atoms with Crippen LogP contribution < -0.4 is 4.74 Å². The Kier molecular flexibility index (Phi) is 7.95. The van der Waals surface area contributed by atoms with Crippen LogP contribution >= 0.6 is 0 Å². The standard InChI is InChI=1S/C15H5F17O4S/c16-7(8(17)10(20,21)14(28,29)30)9(18,19)11(22,23)12(24,25)13(26,27)15(31,32)36-5-1-3-6(4-2-5)37(33,34)35/h1-4H,(H,33,34,35)/b8-7+. The zero-order valence-corrected chi connectivity index (χ0v) is 17.1. The van der Waals surface area contributed by atoms with E-state index in [0.717, 1.165) is 0 Å². The first-order valence-electron chi connectivity index (χ1n) is 8.16. The molecule has 1 N–H and O–H groups in total. The first-order valence-corrected chi connectivity index (χ1v) is 9.60. The molecule has 0 atom stereocenters. The number of hydrogen-bond donors (Lipinski definition) is 1. The van der Waals surface area contributed by atoms with Gasteiger partial charge in [-0.2, -0.15) is 74.3 Å². The number of hydrogen-bond acceptors (Lipinski definition) is 3. The molecule has 0 fully saturated rings. The third-order valence-electron chi connectivity index (χ3n) is 4.02. The first kappa shape index (κ1) is 32.5. The van der Waals surface area contributed by atoms with Gasteiger partial charge in [-0.15, -0.1) is 0 Å². The van der Waals surface area contributed by atoms with Gasteiger partial charge in [-0.3, -0.25) is 4.55 Å². The minimum atomic E-state index is -8.35. The number of ether oxygens (including phenoxy) is 1. The van der Waals surface area contributed by atoms with Crippen LogP contribution in [0.5, 0.6) is 5.75 Å². The van der Waals surface area contributed by atoms with Crippen LogP contribution in [0, 0.1) is 0 Å². The number of alkyl halides is 15. The molecule has 0 amide bonds.